The molecule has 0 spiro atoms. The molecule has 2 aromatic carbocycles. The van der Waals surface area contributed by atoms with Gasteiger partial charge in [0.2, 0.25) is 0 Å². The van der Waals surface area contributed by atoms with Gasteiger partial charge in [0, 0.05) is 0 Å². The topological polar surface area (TPSA) is 84.0 Å². The highest BCUT2D eigenvalue weighted by atomic mass is 16.6. The van der Waals surface area contributed by atoms with Crippen molar-refractivity contribution in [1.29, 1.82) is 5.26 Å². The van der Waals surface area contributed by atoms with Crippen LogP contribution in [0.3, 0.4) is 0 Å². The molecule has 0 aliphatic carbocycles. The monoisotopic (exact) mass is 351 g/mol. The summed E-state index contributed by atoms with van der Waals surface area (Å²) in [4.78, 5) is 11.6. The fourth-order valence-electron chi connectivity index (χ4n) is 1.84. The first kappa shape index (κ1) is 19.1. The molecule has 2 aromatic rings. The molecule has 0 amide bonds. The zero-order chi connectivity index (χ0) is 19.0. The Morgan fingerprint density at radius 3 is 2.00 bits per heavy atom. The maximum atomic E-state index is 11.6. The van der Waals surface area contributed by atoms with E-state index in [1.165, 1.54) is 0 Å². The van der Waals surface area contributed by atoms with Gasteiger partial charge in [-0.3, -0.25) is 4.79 Å². The molecule has 0 heterocycles. The third-order valence-electron chi connectivity index (χ3n) is 3.31. The molecule has 2 rings (SSSR count). The highest BCUT2D eigenvalue weighted by Gasteiger charge is 2.22. The second kappa shape index (κ2) is 8.77. The Hall–Kier alpha value is -3.20. The Morgan fingerprint density at radius 1 is 0.962 bits per heavy atom. The molecule has 0 aromatic heterocycles. The first-order chi connectivity index (χ1) is 12.4. The Balaban J connectivity index is 1.81. The van der Waals surface area contributed by atoms with Gasteiger partial charge in [-0.05, 0) is 69.3 Å². The molecule has 0 saturated carbocycles. The van der Waals surface area contributed by atoms with Crippen molar-refractivity contribution in [3.05, 3.63) is 54.1 Å². The molecular formula is C20H21N3O3. The average molecular weight is 351 g/mol. The molecule has 6 nitrogen and oxygen atoms in total. The van der Waals surface area contributed by atoms with Crippen molar-refractivity contribution in [2.45, 2.75) is 20.8 Å². The number of carbonyl (C=O) groups is 1. The van der Waals surface area contributed by atoms with E-state index in [4.69, 9.17) is 14.7 Å². The molecule has 6 heteroatoms. The van der Waals surface area contributed by atoms with Crippen LogP contribution in [0.5, 0.6) is 5.75 Å². The van der Waals surface area contributed by atoms with Crippen LogP contribution in [-0.2, 0) is 9.53 Å². The minimum Gasteiger partial charge on any atom is -0.490 e. The van der Waals surface area contributed by atoms with Crippen LogP contribution in [0.2, 0.25) is 0 Å². The molecular weight excluding hydrogens is 330 g/mol. The number of azo groups is 1. The van der Waals surface area contributed by atoms with Gasteiger partial charge in [0.25, 0.3) is 0 Å². The fraction of sp³-hybridized carbons (Fsp3) is 0.300. The van der Waals surface area contributed by atoms with E-state index in [9.17, 15) is 4.79 Å². The van der Waals surface area contributed by atoms with Crippen LogP contribution in [0.25, 0.3) is 0 Å². The summed E-state index contributed by atoms with van der Waals surface area (Å²) in [6, 6.07) is 16.0. The molecule has 0 aliphatic heterocycles. The summed E-state index contributed by atoms with van der Waals surface area (Å²) in [5.41, 5.74) is 1.42. The van der Waals surface area contributed by atoms with Gasteiger partial charge in [-0.2, -0.15) is 15.5 Å². The number of hydrogen-bond donors (Lipinski definition) is 0. The van der Waals surface area contributed by atoms with Crippen LogP contribution < -0.4 is 4.74 Å². The number of rotatable bonds is 6. The van der Waals surface area contributed by atoms with Gasteiger partial charge in [0.05, 0.1) is 28.4 Å². The van der Waals surface area contributed by atoms with E-state index in [0.717, 1.165) is 0 Å². The number of ether oxygens (including phenoxy) is 2. The highest BCUT2D eigenvalue weighted by molar-refractivity contribution is 5.75. The summed E-state index contributed by atoms with van der Waals surface area (Å²) >= 11 is 0. The van der Waals surface area contributed by atoms with Crippen LogP contribution in [0.4, 0.5) is 11.4 Å². The maximum Gasteiger partial charge on any atom is 0.311 e. The summed E-state index contributed by atoms with van der Waals surface area (Å²) in [7, 11) is 0. The van der Waals surface area contributed by atoms with Gasteiger partial charge in [0.1, 0.15) is 19.0 Å². The zero-order valence-electron chi connectivity index (χ0n) is 15.1. The Labute approximate surface area is 153 Å². The maximum absolute atomic E-state index is 11.6. The molecule has 26 heavy (non-hydrogen) atoms. The van der Waals surface area contributed by atoms with Gasteiger partial charge >= 0.3 is 5.97 Å². The molecule has 0 bridgehead atoms. The van der Waals surface area contributed by atoms with Crippen LogP contribution in [0.1, 0.15) is 26.3 Å². The molecule has 0 unspecified atom stereocenters. The van der Waals surface area contributed by atoms with Crippen molar-refractivity contribution in [3.8, 4) is 11.8 Å². The number of nitriles is 1. The molecule has 0 radical (unpaired) electrons. The Morgan fingerprint density at radius 2 is 1.50 bits per heavy atom. The number of esters is 1. The van der Waals surface area contributed by atoms with Crippen LogP contribution in [0.15, 0.2) is 58.8 Å². The van der Waals surface area contributed by atoms with Crippen molar-refractivity contribution in [3.63, 3.8) is 0 Å². The minimum atomic E-state index is -0.512. The second-order valence-corrected chi connectivity index (χ2v) is 6.59. The normalized spacial score (nSPS) is 11.2. The quantitative estimate of drug-likeness (QED) is 0.419. The summed E-state index contributed by atoms with van der Waals surface area (Å²) in [5, 5.41) is 17.0. The van der Waals surface area contributed by atoms with Crippen molar-refractivity contribution in [2.24, 2.45) is 15.6 Å². The lowest BCUT2D eigenvalue weighted by molar-refractivity contribution is -0.153. The molecule has 0 aliphatic rings. The Kier molecular flexibility index (Phi) is 6.45. The van der Waals surface area contributed by atoms with E-state index < -0.39 is 5.41 Å². The van der Waals surface area contributed by atoms with E-state index >= 15 is 0 Å². The van der Waals surface area contributed by atoms with Gasteiger partial charge in [-0.25, -0.2) is 0 Å². The number of nitrogens with zero attached hydrogens (tertiary/aromatic N) is 3. The second-order valence-electron chi connectivity index (χ2n) is 6.59. The van der Waals surface area contributed by atoms with Crippen molar-refractivity contribution in [1.82, 2.24) is 0 Å². The minimum absolute atomic E-state index is 0.205. The molecule has 0 saturated heterocycles. The molecule has 134 valence electrons. The zero-order valence-corrected chi connectivity index (χ0v) is 15.1. The molecule has 0 N–H and O–H groups in total. The first-order valence-corrected chi connectivity index (χ1v) is 8.20. The van der Waals surface area contributed by atoms with Crippen molar-refractivity contribution >= 4 is 17.3 Å². The number of benzene rings is 2. The first-order valence-electron chi connectivity index (χ1n) is 8.20. The van der Waals surface area contributed by atoms with E-state index in [-0.39, 0.29) is 19.2 Å². The summed E-state index contributed by atoms with van der Waals surface area (Å²) in [5.74, 6) is 0.411. The largest absolute Gasteiger partial charge is 0.490 e. The third kappa shape index (κ3) is 6.02. The highest BCUT2D eigenvalue weighted by Crippen LogP contribution is 2.21. The average Bonchev–Trinajstić information content (AvgIpc) is 2.64. The third-order valence-corrected chi connectivity index (χ3v) is 3.31. The smallest absolute Gasteiger partial charge is 0.311 e. The van der Waals surface area contributed by atoms with E-state index in [0.29, 0.717) is 22.7 Å². The van der Waals surface area contributed by atoms with Gasteiger partial charge in [-0.15, -0.1) is 0 Å². The Bertz CT molecular complexity index is 798. The summed E-state index contributed by atoms with van der Waals surface area (Å²) in [6.07, 6.45) is 0. The standard InChI is InChI=1S/C20H21N3O3/c1-20(2,3)19(24)26-13-12-25-18-10-8-17(9-11-18)23-22-16-6-4-15(14-21)5-7-16/h4-11H,12-13H2,1-3H3. The number of hydrogen-bond acceptors (Lipinski definition) is 6. The lowest BCUT2D eigenvalue weighted by Gasteiger charge is -2.16. The molecule has 0 fully saturated rings. The summed E-state index contributed by atoms with van der Waals surface area (Å²) < 4.78 is 10.7. The van der Waals surface area contributed by atoms with Gasteiger partial charge < -0.3 is 9.47 Å². The van der Waals surface area contributed by atoms with Crippen LogP contribution in [-0.4, -0.2) is 19.2 Å². The van der Waals surface area contributed by atoms with Crippen LogP contribution >= 0.6 is 0 Å². The van der Waals surface area contributed by atoms with Gasteiger partial charge in [0.15, 0.2) is 0 Å². The SMILES string of the molecule is CC(C)(C)C(=O)OCCOc1ccc(N=Nc2ccc(C#N)cc2)cc1. The van der Waals surface area contributed by atoms with Crippen LogP contribution in [0, 0.1) is 16.7 Å². The van der Waals surface area contributed by atoms with E-state index in [1.54, 1.807) is 69.3 Å². The lowest BCUT2D eigenvalue weighted by Crippen LogP contribution is -2.24. The van der Waals surface area contributed by atoms with E-state index in [2.05, 4.69) is 16.3 Å². The number of carbonyl (C=O) groups excluding carboxylic acids is 1. The van der Waals surface area contributed by atoms with Crippen molar-refractivity contribution < 1.29 is 14.3 Å². The fourth-order valence-corrected chi connectivity index (χ4v) is 1.84. The summed E-state index contributed by atoms with van der Waals surface area (Å²) in [6.45, 7) is 5.91. The van der Waals surface area contributed by atoms with Crippen molar-refractivity contribution in [2.75, 3.05) is 13.2 Å². The molecule has 0 atom stereocenters. The van der Waals surface area contributed by atoms with Gasteiger partial charge in [-0.1, -0.05) is 0 Å². The van der Waals surface area contributed by atoms with E-state index in [1.807, 2.05) is 0 Å². The lowest BCUT2D eigenvalue weighted by atomic mass is 9.97. The predicted molar refractivity (Wildman–Crippen MR) is 97.7 cm³/mol. The predicted octanol–water partition coefficient (Wildman–Crippen LogP) is 4.94.